The van der Waals surface area contributed by atoms with Crippen molar-refractivity contribution in [1.29, 1.82) is 0 Å². The Balaban J connectivity index is 2.31. The molecular formula is C13H18O2. The molecule has 2 nitrogen and oxygen atoms in total. The molecule has 0 N–H and O–H groups in total. The molecule has 1 aliphatic carbocycles. The van der Waals surface area contributed by atoms with E-state index in [1.54, 1.807) is 14.2 Å². The molecule has 2 rings (SSSR count). The molecule has 0 saturated heterocycles. The van der Waals surface area contributed by atoms with Gasteiger partial charge in [0.1, 0.15) is 0 Å². The van der Waals surface area contributed by atoms with Gasteiger partial charge in [-0.1, -0.05) is 24.3 Å². The van der Waals surface area contributed by atoms with Crippen LogP contribution in [0, 0.1) is 0 Å². The van der Waals surface area contributed by atoms with Gasteiger partial charge >= 0.3 is 0 Å². The minimum atomic E-state index is -0.410. The molecule has 1 aliphatic rings. The maximum absolute atomic E-state index is 5.54. The summed E-state index contributed by atoms with van der Waals surface area (Å²) in [6.45, 7) is 0. The molecule has 0 bridgehead atoms. The highest BCUT2D eigenvalue weighted by molar-refractivity contribution is 5.29. The third-order valence-electron chi connectivity index (χ3n) is 3.33. The Bertz CT molecular complexity index is 329. The summed E-state index contributed by atoms with van der Waals surface area (Å²) in [7, 11) is 3.47. The van der Waals surface area contributed by atoms with Gasteiger partial charge in [0.25, 0.3) is 0 Å². The van der Waals surface area contributed by atoms with E-state index in [4.69, 9.17) is 9.47 Å². The van der Waals surface area contributed by atoms with Crippen molar-refractivity contribution in [2.24, 2.45) is 0 Å². The lowest BCUT2D eigenvalue weighted by molar-refractivity contribution is -0.209. The number of benzene rings is 1. The molecule has 0 atom stereocenters. The quantitative estimate of drug-likeness (QED) is 0.547. The van der Waals surface area contributed by atoms with Gasteiger partial charge in [-0.3, -0.25) is 0 Å². The van der Waals surface area contributed by atoms with Crippen LogP contribution in [0.25, 0.3) is 0 Å². The fourth-order valence-electron chi connectivity index (χ4n) is 2.33. The number of rotatable bonds is 2. The number of methoxy groups -OCH3 is 2. The van der Waals surface area contributed by atoms with Gasteiger partial charge in [-0.2, -0.15) is 0 Å². The van der Waals surface area contributed by atoms with Gasteiger partial charge in [-0.05, 0) is 24.0 Å². The van der Waals surface area contributed by atoms with Crippen LogP contribution in [-0.4, -0.2) is 20.0 Å². The molecule has 0 heterocycles. The van der Waals surface area contributed by atoms with Crippen molar-refractivity contribution in [2.75, 3.05) is 14.2 Å². The average molecular weight is 206 g/mol. The van der Waals surface area contributed by atoms with E-state index in [0.717, 1.165) is 25.7 Å². The zero-order chi connectivity index (χ0) is 10.7. The van der Waals surface area contributed by atoms with Gasteiger partial charge in [0.2, 0.25) is 0 Å². The smallest absolute Gasteiger partial charge is 0.171 e. The van der Waals surface area contributed by atoms with E-state index in [0.29, 0.717) is 0 Å². The van der Waals surface area contributed by atoms with E-state index in [9.17, 15) is 0 Å². The molecule has 2 heteroatoms. The van der Waals surface area contributed by atoms with Crippen molar-refractivity contribution < 1.29 is 9.47 Å². The van der Waals surface area contributed by atoms with Crippen LogP contribution in [0.15, 0.2) is 24.3 Å². The number of hydrogen-bond donors (Lipinski definition) is 0. The van der Waals surface area contributed by atoms with Crippen LogP contribution in [0.1, 0.15) is 24.0 Å². The van der Waals surface area contributed by atoms with E-state index in [-0.39, 0.29) is 0 Å². The van der Waals surface area contributed by atoms with Crippen LogP contribution >= 0.6 is 0 Å². The first-order chi connectivity index (χ1) is 7.29. The highest BCUT2D eigenvalue weighted by Crippen LogP contribution is 2.30. The van der Waals surface area contributed by atoms with Crippen molar-refractivity contribution >= 4 is 0 Å². The summed E-state index contributed by atoms with van der Waals surface area (Å²) in [5.41, 5.74) is 2.80. The lowest BCUT2D eigenvalue weighted by atomic mass is 10.0. The molecule has 1 aromatic carbocycles. The first-order valence-electron chi connectivity index (χ1n) is 5.47. The molecule has 0 unspecified atom stereocenters. The second-order valence-electron chi connectivity index (χ2n) is 4.12. The minimum Gasteiger partial charge on any atom is -0.353 e. The minimum absolute atomic E-state index is 0.410. The van der Waals surface area contributed by atoms with Crippen LogP contribution in [0.5, 0.6) is 0 Å². The molecule has 82 valence electrons. The zero-order valence-electron chi connectivity index (χ0n) is 9.45. The molecule has 0 saturated carbocycles. The highest BCUT2D eigenvalue weighted by atomic mass is 16.7. The topological polar surface area (TPSA) is 18.5 Å². The van der Waals surface area contributed by atoms with E-state index in [1.807, 2.05) is 0 Å². The van der Waals surface area contributed by atoms with E-state index >= 15 is 0 Å². The Hall–Kier alpha value is -0.860. The van der Waals surface area contributed by atoms with Crippen molar-refractivity contribution in [3.05, 3.63) is 35.4 Å². The molecular weight excluding hydrogens is 188 g/mol. The fraction of sp³-hybridized carbons (Fsp3) is 0.538. The molecule has 0 aromatic heterocycles. The lowest BCUT2D eigenvalue weighted by Crippen LogP contribution is -2.35. The lowest BCUT2D eigenvalue weighted by Gasteiger charge is -2.29. The second-order valence-corrected chi connectivity index (χ2v) is 4.12. The van der Waals surface area contributed by atoms with Gasteiger partial charge in [0.05, 0.1) is 0 Å². The highest BCUT2D eigenvalue weighted by Gasteiger charge is 2.32. The molecule has 1 aromatic rings. The van der Waals surface area contributed by atoms with E-state index in [1.165, 1.54) is 11.1 Å². The molecule has 0 amide bonds. The number of fused-ring (bicyclic) bond motifs is 1. The predicted molar refractivity (Wildman–Crippen MR) is 59.8 cm³/mol. The second kappa shape index (κ2) is 4.33. The van der Waals surface area contributed by atoms with Crippen LogP contribution in [0.3, 0.4) is 0 Å². The van der Waals surface area contributed by atoms with Crippen molar-refractivity contribution in [3.8, 4) is 0 Å². The maximum atomic E-state index is 5.54. The van der Waals surface area contributed by atoms with Crippen molar-refractivity contribution in [1.82, 2.24) is 0 Å². The van der Waals surface area contributed by atoms with E-state index in [2.05, 4.69) is 24.3 Å². The molecule has 0 aliphatic heterocycles. The van der Waals surface area contributed by atoms with Gasteiger partial charge in [-0.25, -0.2) is 0 Å². The zero-order valence-corrected chi connectivity index (χ0v) is 9.45. The summed E-state index contributed by atoms with van der Waals surface area (Å²) in [5, 5.41) is 0. The summed E-state index contributed by atoms with van der Waals surface area (Å²) < 4.78 is 11.1. The summed E-state index contributed by atoms with van der Waals surface area (Å²) in [6, 6.07) is 8.57. The van der Waals surface area contributed by atoms with Crippen LogP contribution in [0.4, 0.5) is 0 Å². The van der Waals surface area contributed by atoms with Gasteiger partial charge < -0.3 is 9.47 Å². The molecule has 15 heavy (non-hydrogen) atoms. The van der Waals surface area contributed by atoms with Gasteiger partial charge in [0.15, 0.2) is 5.79 Å². The van der Waals surface area contributed by atoms with Crippen LogP contribution < -0.4 is 0 Å². The number of hydrogen-bond acceptors (Lipinski definition) is 2. The predicted octanol–water partition coefficient (Wildman–Crippen LogP) is 2.55. The Morgan fingerprint density at radius 1 is 1.07 bits per heavy atom. The third-order valence-corrected chi connectivity index (χ3v) is 3.33. The number of ether oxygens (including phenoxy) is 2. The summed E-state index contributed by atoms with van der Waals surface area (Å²) in [5.74, 6) is -0.410. The van der Waals surface area contributed by atoms with E-state index < -0.39 is 5.79 Å². The summed E-state index contributed by atoms with van der Waals surface area (Å²) in [4.78, 5) is 0. The van der Waals surface area contributed by atoms with Gasteiger partial charge in [-0.15, -0.1) is 0 Å². The normalized spacial score (nSPS) is 19.3. The van der Waals surface area contributed by atoms with Crippen molar-refractivity contribution in [2.45, 2.75) is 31.5 Å². The third kappa shape index (κ3) is 2.06. The standard InChI is InChI=1S/C13H18O2/c1-14-13(15-2)9-5-8-11-6-3-4-7-12(11)10-13/h3-4,6-7H,5,8-10H2,1-2H3. The maximum Gasteiger partial charge on any atom is 0.171 e. The van der Waals surface area contributed by atoms with Crippen LogP contribution in [-0.2, 0) is 22.3 Å². The SMILES string of the molecule is COC1(OC)CCCc2ccccc2C1. The summed E-state index contributed by atoms with van der Waals surface area (Å²) >= 11 is 0. The molecule has 0 spiro atoms. The largest absolute Gasteiger partial charge is 0.353 e. The molecule has 0 fully saturated rings. The number of aryl methyl sites for hydroxylation is 1. The Morgan fingerprint density at radius 3 is 2.40 bits per heavy atom. The van der Waals surface area contributed by atoms with Crippen molar-refractivity contribution in [3.63, 3.8) is 0 Å². The monoisotopic (exact) mass is 206 g/mol. The van der Waals surface area contributed by atoms with Gasteiger partial charge in [0, 0.05) is 27.1 Å². The molecule has 0 radical (unpaired) electrons. The Morgan fingerprint density at radius 2 is 1.73 bits per heavy atom. The average Bonchev–Trinajstić information content (AvgIpc) is 2.48. The summed E-state index contributed by atoms with van der Waals surface area (Å²) in [6.07, 6.45) is 4.08. The van der Waals surface area contributed by atoms with Crippen LogP contribution in [0.2, 0.25) is 0 Å². The Labute approximate surface area is 91.2 Å². The Kier molecular flexibility index (Phi) is 3.08. The first-order valence-corrected chi connectivity index (χ1v) is 5.47. The first kappa shape index (κ1) is 10.7. The fourth-order valence-corrected chi connectivity index (χ4v) is 2.33.